The number of allylic oxidation sites excluding steroid dienone is 1. The van der Waals surface area contributed by atoms with Crippen LogP contribution >= 0.6 is 0 Å². The van der Waals surface area contributed by atoms with Crippen LogP contribution in [0.25, 0.3) is 0 Å². The third-order valence-electron chi connectivity index (χ3n) is 14.1. The number of aliphatic hydroxyl groups excluding tert-OH is 2. The summed E-state index contributed by atoms with van der Waals surface area (Å²) in [5, 5.41) is 27.9. The molecule has 370 valence electrons. The first kappa shape index (κ1) is 48.5. The Morgan fingerprint density at radius 2 is 1.64 bits per heavy atom. The van der Waals surface area contributed by atoms with Crippen LogP contribution in [0, 0.1) is 23.7 Å². The van der Waals surface area contributed by atoms with E-state index in [-0.39, 0.29) is 81.5 Å². The number of nitrogens with zero attached hydrogens (tertiary/aromatic N) is 2. The number of oxime groups is 1. The molecule has 0 aromatic heterocycles. The van der Waals surface area contributed by atoms with Gasteiger partial charge in [0.05, 0.1) is 38.1 Å². The van der Waals surface area contributed by atoms with E-state index in [2.05, 4.69) is 18.0 Å². The van der Waals surface area contributed by atoms with E-state index >= 15 is 4.79 Å². The standard InChI is InChI=1S/C55H63N3O12/c1-4-26-67-55-50(58(53(61)37-17-18-37)32-36-16-22-47-49(27-36)66-34-65-47)31-45(57-68-33-35-12-6-5-7-13-35)42-28-38(14-8-10-24-59)41(15-9-11-25-60)51(52(42)55)43-29-40(20-23-46(43)70-55)69-54(62)56-44-21-19-39(63-2)30-48(44)64-3/h4-7,12-13,16,19-23,27-30,37-38,41,50-52,59-60H,1,8-11,14-15,17-18,24-26,31-34H2,2-3H3,(H,56,62). The highest BCUT2D eigenvalue weighted by atomic mass is 16.7. The van der Waals surface area contributed by atoms with E-state index in [1.54, 1.807) is 37.5 Å². The van der Waals surface area contributed by atoms with E-state index in [4.69, 9.17) is 43.2 Å². The van der Waals surface area contributed by atoms with Gasteiger partial charge in [-0.2, -0.15) is 0 Å². The normalized spacial score (nSPS) is 23.2. The quantitative estimate of drug-likeness (QED) is 0.0387. The molecule has 0 spiro atoms. The van der Waals surface area contributed by atoms with Gasteiger partial charge in [-0.3, -0.25) is 10.1 Å². The van der Waals surface area contributed by atoms with Crippen LogP contribution in [0.15, 0.2) is 114 Å². The van der Waals surface area contributed by atoms with Crippen LogP contribution in [0.4, 0.5) is 10.5 Å². The summed E-state index contributed by atoms with van der Waals surface area (Å²) in [4.78, 5) is 37.0. The number of aliphatic hydroxyl groups is 2. The van der Waals surface area contributed by atoms with Crippen molar-refractivity contribution >= 4 is 23.4 Å². The summed E-state index contributed by atoms with van der Waals surface area (Å²) in [7, 11) is 3.06. The Labute approximate surface area is 408 Å². The second-order valence-electron chi connectivity index (χ2n) is 18.5. The molecule has 5 aliphatic rings. The molecule has 6 atom stereocenters. The second-order valence-corrected chi connectivity index (χ2v) is 18.5. The number of amides is 2. The van der Waals surface area contributed by atoms with E-state index in [1.807, 2.05) is 65.6 Å². The van der Waals surface area contributed by atoms with Crippen LogP contribution in [0.3, 0.4) is 0 Å². The molecule has 2 fully saturated rings. The minimum Gasteiger partial charge on any atom is -0.497 e. The number of carbonyl (C=O) groups is 2. The van der Waals surface area contributed by atoms with Gasteiger partial charge >= 0.3 is 6.09 Å². The minimum absolute atomic E-state index is 0.00587. The summed E-state index contributed by atoms with van der Waals surface area (Å²) in [6, 6.07) is 25.3. The average molecular weight is 958 g/mol. The van der Waals surface area contributed by atoms with Crippen molar-refractivity contribution in [2.45, 2.75) is 88.7 Å². The fourth-order valence-electron chi connectivity index (χ4n) is 10.8. The summed E-state index contributed by atoms with van der Waals surface area (Å²) in [6.45, 7) is 4.88. The maximum atomic E-state index is 15.1. The van der Waals surface area contributed by atoms with E-state index in [9.17, 15) is 15.0 Å². The Kier molecular flexibility index (Phi) is 15.3. The summed E-state index contributed by atoms with van der Waals surface area (Å²) < 4.78 is 43.1. The maximum Gasteiger partial charge on any atom is 0.417 e. The van der Waals surface area contributed by atoms with Crippen molar-refractivity contribution in [3.8, 4) is 34.5 Å². The first-order valence-electron chi connectivity index (χ1n) is 24.4. The topological polar surface area (TPSA) is 176 Å². The molecular formula is C55H63N3O12. The summed E-state index contributed by atoms with van der Waals surface area (Å²) in [6.07, 6.45) is 9.34. The van der Waals surface area contributed by atoms with Gasteiger partial charge in [0.2, 0.25) is 18.5 Å². The number of ether oxygens (including phenoxy) is 7. The van der Waals surface area contributed by atoms with Gasteiger partial charge in [-0.15, -0.1) is 6.58 Å². The molecule has 4 aromatic rings. The van der Waals surface area contributed by atoms with Crippen LogP contribution in [0.5, 0.6) is 34.5 Å². The number of hydrogen-bond acceptors (Lipinski definition) is 13. The van der Waals surface area contributed by atoms with Gasteiger partial charge in [-0.25, -0.2) is 4.79 Å². The molecule has 3 N–H and O–H groups in total. The predicted octanol–water partition coefficient (Wildman–Crippen LogP) is 9.32. The highest BCUT2D eigenvalue weighted by molar-refractivity contribution is 6.03. The van der Waals surface area contributed by atoms with Gasteiger partial charge < -0.3 is 53.1 Å². The Morgan fingerprint density at radius 1 is 0.871 bits per heavy atom. The van der Waals surface area contributed by atoms with Crippen LogP contribution in [0.1, 0.15) is 80.4 Å². The molecule has 2 saturated carbocycles. The highest BCUT2D eigenvalue weighted by Crippen LogP contribution is 2.62. The Balaban J connectivity index is 1.19. The molecule has 2 aliphatic heterocycles. The number of fused-ring (bicyclic) bond motifs is 3. The number of carbonyl (C=O) groups excluding carboxylic acids is 2. The Morgan fingerprint density at radius 3 is 2.40 bits per heavy atom. The van der Waals surface area contributed by atoms with Gasteiger partial charge in [0, 0.05) is 49.6 Å². The maximum absolute atomic E-state index is 15.1. The monoisotopic (exact) mass is 957 g/mol. The molecule has 0 radical (unpaired) electrons. The lowest BCUT2D eigenvalue weighted by Crippen LogP contribution is -2.70. The Bertz CT molecular complexity index is 2560. The van der Waals surface area contributed by atoms with Crippen LogP contribution in [-0.4, -0.2) is 85.5 Å². The number of rotatable bonds is 22. The van der Waals surface area contributed by atoms with Crippen molar-refractivity contribution in [1.29, 1.82) is 0 Å². The molecule has 6 unspecified atom stereocenters. The van der Waals surface area contributed by atoms with Gasteiger partial charge in [0.1, 0.15) is 35.6 Å². The van der Waals surface area contributed by atoms with Crippen molar-refractivity contribution in [3.05, 3.63) is 126 Å². The molecule has 9 rings (SSSR count). The highest BCUT2D eigenvalue weighted by Gasteiger charge is 2.66. The van der Waals surface area contributed by atoms with Gasteiger partial charge in [0.15, 0.2) is 11.5 Å². The average Bonchev–Trinajstić information content (AvgIpc) is 4.13. The third kappa shape index (κ3) is 10.3. The molecule has 3 aliphatic carbocycles. The zero-order valence-corrected chi connectivity index (χ0v) is 39.9. The number of methoxy groups -OCH3 is 2. The van der Waals surface area contributed by atoms with Crippen molar-refractivity contribution in [2.24, 2.45) is 28.8 Å². The predicted molar refractivity (Wildman–Crippen MR) is 261 cm³/mol. The first-order valence-corrected chi connectivity index (χ1v) is 24.4. The van der Waals surface area contributed by atoms with E-state index in [1.165, 1.54) is 7.11 Å². The van der Waals surface area contributed by atoms with Crippen LogP contribution in [-0.2, 0) is 27.5 Å². The summed E-state index contributed by atoms with van der Waals surface area (Å²) >= 11 is 0. The van der Waals surface area contributed by atoms with Crippen molar-refractivity contribution in [1.82, 2.24) is 4.90 Å². The second kappa shape index (κ2) is 22.0. The fraction of sp³-hybridized carbons (Fsp3) is 0.436. The lowest BCUT2D eigenvalue weighted by atomic mass is 9.55. The van der Waals surface area contributed by atoms with Gasteiger partial charge in [-0.05, 0) is 110 Å². The number of hydrogen-bond donors (Lipinski definition) is 3. The number of nitrogens with one attached hydrogen (secondary N) is 1. The smallest absolute Gasteiger partial charge is 0.417 e. The molecule has 2 amide bonds. The molecular weight excluding hydrogens is 895 g/mol. The minimum atomic E-state index is -1.48. The van der Waals surface area contributed by atoms with Gasteiger partial charge in [-0.1, -0.05) is 66.5 Å². The molecule has 0 bridgehead atoms. The molecule has 15 nitrogen and oxygen atoms in total. The summed E-state index contributed by atoms with van der Waals surface area (Å²) in [5.41, 5.74) is 4.59. The number of benzene rings is 4. The molecule has 2 heterocycles. The Hall–Kier alpha value is -6.55. The third-order valence-corrected chi connectivity index (χ3v) is 14.1. The number of anilines is 1. The van der Waals surface area contributed by atoms with Crippen molar-refractivity contribution < 1.29 is 57.8 Å². The zero-order chi connectivity index (χ0) is 48.6. The van der Waals surface area contributed by atoms with Crippen molar-refractivity contribution in [3.63, 3.8) is 0 Å². The van der Waals surface area contributed by atoms with E-state index in [0.29, 0.717) is 53.0 Å². The zero-order valence-electron chi connectivity index (χ0n) is 39.9. The molecule has 4 aromatic carbocycles. The lowest BCUT2D eigenvalue weighted by molar-refractivity contribution is -0.258. The molecule has 15 heteroatoms. The molecule has 0 saturated heterocycles. The summed E-state index contributed by atoms with van der Waals surface area (Å²) in [5.74, 6) is 0.429. The van der Waals surface area contributed by atoms with Gasteiger partial charge in [0.25, 0.3) is 0 Å². The fourth-order valence-corrected chi connectivity index (χ4v) is 10.8. The van der Waals surface area contributed by atoms with Crippen LogP contribution in [0.2, 0.25) is 0 Å². The lowest BCUT2D eigenvalue weighted by Gasteiger charge is -2.60. The van der Waals surface area contributed by atoms with Crippen molar-refractivity contribution in [2.75, 3.05) is 46.1 Å². The largest absolute Gasteiger partial charge is 0.497 e. The first-order chi connectivity index (χ1) is 34.3. The van der Waals surface area contributed by atoms with Crippen LogP contribution < -0.4 is 33.7 Å². The number of unbranched alkanes of at least 4 members (excludes halogenated alkanes) is 2. The SMILES string of the molecule is C=CCOC12Oc3ccc(OC(=O)Nc4ccc(OC)cc4OC)cc3C3C(CCCCO)C(CCCCO)C=C(C(=NOCc4ccccc4)CC1N(Cc1ccc4c(c1)OCO4)C(=O)C1CC1)C32. The van der Waals surface area contributed by atoms with E-state index < -0.39 is 23.8 Å². The van der Waals surface area contributed by atoms with E-state index in [0.717, 1.165) is 60.8 Å². The molecule has 70 heavy (non-hydrogen) atoms.